The van der Waals surface area contributed by atoms with Gasteiger partial charge in [-0.1, -0.05) is 24.3 Å². The summed E-state index contributed by atoms with van der Waals surface area (Å²) in [5.74, 6) is 0.0107. The molecule has 0 spiro atoms. The lowest BCUT2D eigenvalue weighted by atomic mass is 10.1. The van der Waals surface area contributed by atoms with Crippen LogP contribution >= 0.6 is 0 Å². The summed E-state index contributed by atoms with van der Waals surface area (Å²) in [4.78, 5) is 13.0. The van der Waals surface area contributed by atoms with Crippen LogP contribution in [0, 0.1) is 6.92 Å². The van der Waals surface area contributed by atoms with E-state index in [9.17, 15) is 9.90 Å². The first-order valence-corrected chi connectivity index (χ1v) is 7.32. The van der Waals surface area contributed by atoms with Crippen LogP contribution in [0.5, 0.6) is 5.75 Å². The van der Waals surface area contributed by atoms with Crippen molar-refractivity contribution in [3.8, 4) is 5.75 Å². The lowest BCUT2D eigenvalue weighted by Crippen LogP contribution is -2.46. The van der Waals surface area contributed by atoms with Gasteiger partial charge in [-0.2, -0.15) is 0 Å². The third-order valence-electron chi connectivity index (χ3n) is 3.97. The Kier molecular flexibility index (Phi) is 2.91. The van der Waals surface area contributed by atoms with E-state index in [1.807, 2.05) is 49.4 Å². The number of nitrogens with zero attached hydrogens (tertiary/aromatic N) is 1. The van der Waals surface area contributed by atoms with Crippen molar-refractivity contribution in [1.29, 1.82) is 0 Å². The molecule has 0 aliphatic carbocycles. The molecule has 4 nitrogen and oxygen atoms in total. The van der Waals surface area contributed by atoms with Gasteiger partial charge in [-0.15, -0.1) is 4.57 Å². The maximum Gasteiger partial charge on any atom is 0.460 e. The van der Waals surface area contributed by atoms with Crippen molar-refractivity contribution in [2.45, 2.75) is 6.92 Å². The first-order valence-electron chi connectivity index (χ1n) is 7.32. The molecule has 4 heteroatoms. The minimum atomic E-state index is -0.300. The second kappa shape index (κ2) is 4.95. The summed E-state index contributed by atoms with van der Waals surface area (Å²) in [5, 5.41) is 11.9. The molecule has 0 radical (unpaired) electrons. The molecule has 0 unspecified atom stereocenters. The molecule has 4 aromatic rings. The molecule has 4 rings (SSSR count). The van der Waals surface area contributed by atoms with Gasteiger partial charge in [0.05, 0.1) is 5.39 Å². The molecular weight excluding hydrogens is 290 g/mol. The van der Waals surface area contributed by atoms with Crippen molar-refractivity contribution in [2.75, 3.05) is 0 Å². The lowest BCUT2D eigenvalue weighted by molar-refractivity contribution is -0.550. The van der Waals surface area contributed by atoms with Crippen LogP contribution in [0.2, 0.25) is 0 Å². The Balaban J connectivity index is 1.98. The minimum Gasteiger partial charge on any atom is -0.502 e. The van der Waals surface area contributed by atoms with E-state index in [1.54, 1.807) is 18.2 Å². The SMILES string of the molecule is Cc1ccc2cccc(O)c2[n+]1C(=O)c1cc2ccccc2o1. The first-order chi connectivity index (χ1) is 11.1. The molecule has 0 fully saturated rings. The Morgan fingerprint density at radius 2 is 1.78 bits per heavy atom. The highest BCUT2D eigenvalue weighted by Crippen LogP contribution is 2.23. The number of aromatic nitrogens is 1. The van der Waals surface area contributed by atoms with Gasteiger partial charge in [-0.3, -0.25) is 0 Å². The normalized spacial score (nSPS) is 11.2. The Morgan fingerprint density at radius 1 is 1.00 bits per heavy atom. The zero-order chi connectivity index (χ0) is 16.0. The molecular formula is C19H14NO3+. The van der Waals surface area contributed by atoms with Gasteiger partial charge in [-0.05, 0) is 24.3 Å². The fraction of sp³-hybridized carbons (Fsp3) is 0.0526. The number of aromatic hydroxyl groups is 1. The van der Waals surface area contributed by atoms with E-state index in [-0.39, 0.29) is 17.4 Å². The number of phenolic OH excluding ortho intramolecular Hbond substituents is 1. The molecule has 2 aromatic carbocycles. The van der Waals surface area contributed by atoms with Crippen LogP contribution < -0.4 is 4.57 Å². The van der Waals surface area contributed by atoms with Crippen LogP contribution in [0.4, 0.5) is 0 Å². The highest BCUT2D eigenvalue weighted by Gasteiger charge is 2.29. The molecule has 2 heterocycles. The number of rotatable bonds is 1. The fourth-order valence-corrected chi connectivity index (χ4v) is 2.85. The number of carbonyl (C=O) groups is 1. The average molecular weight is 304 g/mol. The summed E-state index contributed by atoms with van der Waals surface area (Å²) in [6.07, 6.45) is 0. The predicted octanol–water partition coefficient (Wildman–Crippen LogP) is 3.58. The van der Waals surface area contributed by atoms with Crippen molar-refractivity contribution in [2.24, 2.45) is 0 Å². The van der Waals surface area contributed by atoms with Crippen LogP contribution in [-0.4, -0.2) is 11.0 Å². The molecule has 0 amide bonds. The number of aryl methyl sites for hydroxylation is 1. The van der Waals surface area contributed by atoms with Crippen LogP contribution in [0.1, 0.15) is 16.2 Å². The van der Waals surface area contributed by atoms with Crippen LogP contribution in [0.25, 0.3) is 21.9 Å². The zero-order valence-corrected chi connectivity index (χ0v) is 12.5. The number of benzene rings is 2. The fourth-order valence-electron chi connectivity index (χ4n) is 2.85. The van der Waals surface area contributed by atoms with Gasteiger partial charge >= 0.3 is 5.91 Å². The van der Waals surface area contributed by atoms with Crippen molar-refractivity contribution >= 4 is 27.8 Å². The molecule has 0 bridgehead atoms. The minimum absolute atomic E-state index is 0.0654. The largest absolute Gasteiger partial charge is 0.502 e. The standard InChI is InChI=1S/C19H13NO3/c1-12-9-10-13-6-4-7-15(21)18(13)20(12)19(22)17-11-14-5-2-3-8-16(14)23-17/h2-11H,1H3/p+1. The van der Waals surface area contributed by atoms with Crippen LogP contribution in [0.15, 0.2) is 65.1 Å². The highest BCUT2D eigenvalue weighted by atomic mass is 16.3. The number of carbonyl (C=O) groups excluding carboxylic acids is 1. The van der Waals surface area contributed by atoms with E-state index in [1.165, 1.54) is 4.57 Å². The molecule has 0 aliphatic heterocycles. The summed E-state index contributed by atoms with van der Waals surface area (Å²) in [6, 6.07) is 18.1. The average Bonchev–Trinajstić information content (AvgIpc) is 2.99. The molecule has 0 atom stereocenters. The van der Waals surface area contributed by atoms with E-state index >= 15 is 0 Å². The summed E-state index contributed by atoms with van der Waals surface area (Å²) in [7, 11) is 0. The van der Waals surface area contributed by atoms with E-state index in [4.69, 9.17) is 4.42 Å². The van der Waals surface area contributed by atoms with Crippen molar-refractivity contribution < 1.29 is 18.9 Å². The van der Waals surface area contributed by atoms with Gasteiger partial charge in [-0.25, -0.2) is 4.79 Å². The van der Waals surface area contributed by atoms with E-state index in [2.05, 4.69) is 0 Å². The van der Waals surface area contributed by atoms with Crippen molar-refractivity contribution in [3.05, 3.63) is 72.1 Å². The van der Waals surface area contributed by atoms with E-state index in [0.717, 1.165) is 16.5 Å². The van der Waals surface area contributed by atoms with Crippen LogP contribution in [0.3, 0.4) is 0 Å². The van der Waals surface area contributed by atoms with Gasteiger partial charge in [0, 0.05) is 24.4 Å². The number of pyridine rings is 1. The van der Waals surface area contributed by atoms with Gasteiger partial charge in [0.15, 0.2) is 11.4 Å². The van der Waals surface area contributed by atoms with Crippen molar-refractivity contribution in [3.63, 3.8) is 0 Å². The quantitative estimate of drug-likeness (QED) is 0.547. The maximum atomic E-state index is 13.0. The molecule has 0 saturated heterocycles. The third kappa shape index (κ3) is 2.07. The second-order valence-corrected chi connectivity index (χ2v) is 5.48. The van der Waals surface area contributed by atoms with Crippen LogP contribution in [-0.2, 0) is 0 Å². The number of fused-ring (bicyclic) bond motifs is 2. The summed E-state index contributed by atoms with van der Waals surface area (Å²) in [5.41, 5.74) is 1.88. The molecule has 0 aliphatic rings. The van der Waals surface area contributed by atoms with Gasteiger partial charge in [0.1, 0.15) is 5.58 Å². The Labute approximate surface area is 132 Å². The smallest absolute Gasteiger partial charge is 0.460 e. The maximum absolute atomic E-state index is 13.0. The van der Waals surface area contributed by atoms with Gasteiger partial charge in [0.25, 0.3) is 5.52 Å². The molecule has 112 valence electrons. The number of para-hydroxylation sites is 2. The topological polar surface area (TPSA) is 54.3 Å². The van der Waals surface area contributed by atoms with E-state index in [0.29, 0.717) is 11.1 Å². The zero-order valence-electron chi connectivity index (χ0n) is 12.5. The molecule has 2 aromatic heterocycles. The summed E-state index contributed by atoms with van der Waals surface area (Å²) in [6.45, 7) is 1.83. The number of hydrogen-bond acceptors (Lipinski definition) is 3. The molecule has 1 N–H and O–H groups in total. The summed E-state index contributed by atoms with van der Waals surface area (Å²) >= 11 is 0. The Hall–Kier alpha value is -3.14. The predicted molar refractivity (Wildman–Crippen MR) is 86.5 cm³/mol. The molecule has 23 heavy (non-hydrogen) atoms. The lowest BCUT2D eigenvalue weighted by Gasteiger charge is -2.03. The third-order valence-corrected chi connectivity index (χ3v) is 3.97. The number of phenols is 1. The number of hydrogen-bond donors (Lipinski definition) is 1. The van der Waals surface area contributed by atoms with E-state index < -0.39 is 0 Å². The van der Waals surface area contributed by atoms with Gasteiger partial charge < -0.3 is 9.52 Å². The first kappa shape index (κ1) is 13.5. The summed E-state index contributed by atoms with van der Waals surface area (Å²) < 4.78 is 7.16. The van der Waals surface area contributed by atoms with Gasteiger partial charge in [0.2, 0.25) is 5.76 Å². The Bertz CT molecular complexity index is 1030. The second-order valence-electron chi connectivity index (χ2n) is 5.48. The number of furan rings is 1. The van der Waals surface area contributed by atoms with Crippen molar-refractivity contribution in [1.82, 2.24) is 0 Å². The molecule has 0 saturated carbocycles. The monoisotopic (exact) mass is 304 g/mol. The highest BCUT2D eigenvalue weighted by molar-refractivity contribution is 5.94. The Morgan fingerprint density at radius 3 is 2.61 bits per heavy atom.